The van der Waals surface area contributed by atoms with Crippen molar-refractivity contribution in [2.75, 3.05) is 5.75 Å². The van der Waals surface area contributed by atoms with E-state index in [0.29, 0.717) is 10.5 Å². The number of carbonyl (C=O) groups is 1. The molecule has 0 bridgehead atoms. The highest BCUT2D eigenvalue weighted by Gasteiger charge is 2.52. The molecule has 0 aromatic heterocycles. The Balaban J connectivity index is 0.000000268. The Bertz CT molecular complexity index is 3020. The number of Topliss-reactive ketones (excluding diaryl/α,β-unsaturated/α-hetero) is 1. The average molecular weight is 1040 g/mol. The third-order valence-electron chi connectivity index (χ3n) is 10.5. The van der Waals surface area contributed by atoms with Crippen LogP contribution < -0.4 is 21.9 Å². The van der Waals surface area contributed by atoms with Crippen molar-refractivity contribution in [2.45, 2.75) is 4.90 Å². The summed E-state index contributed by atoms with van der Waals surface area (Å²) in [4.78, 5) is 13.2. The lowest BCUT2D eigenvalue weighted by Gasteiger charge is -2.44. The van der Waals surface area contributed by atoms with E-state index in [4.69, 9.17) is 0 Å². The Labute approximate surface area is 385 Å². The van der Waals surface area contributed by atoms with Crippen LogP contribution in [-0.4, -0.2) is 22.8 Å². The molecule has 0 saturated heterocycles. The highest BCUT2D eigenvalue weighted by atomic mass is 32.2. The summed E-state index contributed by atoms with van der Waals surface area (Å²) in [5, 5.41) is 12.2. The Morgan fingerprint density at radius 3 is 0.958 bits per heavy atom. The molecule has 0 fully saturated rings. The molecule has 0 spiro atoms. The normalized spacial score (nSPS) is 12.2. The van der Waals surface area contributed by atoms with Gasteiger partial charge in [0.25, 0.3) is 0 Å². The van der Waals surface area contributed by atoms with Crippen LogP contribution in [0.2, 0.25) is 0 Å². The quantitative estimate of drug-likeness (QED) is 0.0314. The summed E-state index contributed by atoms with van der Waals surface area (Å²) < 4.78 is 308. The van der Waals surface area contributed by atoms with Crippen LogP contribution in [0.25, 0.3) is 0 Å². The molecular formula is C46H17BF20O3S. The molecule has 0 aliphatic heterocycles. The van der Waals surface area contributed by atoms with E-state index in [1.54, 1.807) is 24.3 Å². The fourth-order valence-electron chi connectivity index (χ4n) is 7.27. The van der Waals surface area contributed by atoms with Gasteiger partial charge in [-0.2, -0.15) is 0 Å². The number of hydrogen-bond donors (Lipinski definition) is 1. The van der Waals surface area contributed by atoms with Gasteiger partial charge in [-0.15, -0.1) is 21.9 Å². The number of carbonyl (C=O) groups excluding carboxylic acids is 1. The molecular weight excluding hydrogens is 1020 g/mol. The third-order valence-corrected chi connectivity index (χ3v) is 12.6. The van der Waals surface area contributed by atoms with Crippen molar-refractivity contribution in [1.82, 2.24) is 0 Å². The summed E-state index contributed by atoms with van der Waals surface area (Å²) >= 11 is 0. The molecule has 71 heavy (non-hydrogen) atoms. The van der Waals surface area contributed by atoms with Gasteiger partial charge in [-0.25, -0.2) is 87.8 Å². The van der Waals surface area contributed by atoms with Gasteiger partial charge in [0.15, 0.2) is 85.7 Å². The first kappa shape index (κ1) is 52.8. The molecule has 368 valence electrons. The maximum absolute atomic E-state index is 15.4. The monoisotopic (exact) mass is 1040 g/mol. The van der Waals surface area contributed by atoms with Crippen LogP contribution >= 0.6 is 0 Å². The second-order valence-corrected chi connectivity index (χ2v) is 16.8. The molecule has 7 rings (SSSR count). The van der Waals surface area contributed by atoms with Gasteiger partial charge in [-0.3, -0.25) is 4.79 Å². The largest absolute Gasteiger partial charge is 0.508 e. The standard InChI is InChI=1S/C24BF20.C22H16O3S/c26-5-1(6(27)14(35)21(42)13(5)34)25(2-7(28)15(36)22(43)16(37)8(2)29,3-9(30)17(38)23(44)18(39)10(3)31)4-11(32)19(40)24(45)20(41)12(4)33;23-20-13-11-19(12-14-20)22(24)17-26(25,21-9-5-2-6-10-21)16-15-18-7-3-1-4-8-18/h;1-14H,17H2/q-1;/p+1. The first-order valence-electron chi connectivity index (χ1n) is 19.0. The second kappa shape index (κ2) is 20.0. The SMILES string of the molecule is Fc1c(F)c(F)c([B-](c2c(F)c(F)c(F)c(F)c2F)(c2c(F)c(F)c(F)c(F)c2F)c2c(F)c(F)c(F)c(F)c2F)c(F)c1F.O=C(C[S+](=O)(C#Cc1ccccc1)c1ccccc1)c1ccc(O)cc1. The van der Waals surface area contributed by atoms with Gasteiger partial charge in [-0.1, -0.05) is 40.6 Å². The van der Waals surface area contributed by atoms with Crippen molar-refractivity contribution < 1.29 is 102 Å². The maximum Gasteiger partial charge on any atom is 0.213 e. The fourth-order valence-corrected chi connectivity index (χ4v) is 9.04. The molecule has 25 heteroatoms. The lowest BCUT2D eigenvalue weighted by atomic mass is 9.12. The van der Waals surface area contributed by atoms with Gasteiger partial charge in [0, 0.05) is 11.1 Å². The molecule has 0 saturated carbocycles. The molecule has 0 amide bonds. The van der Waals surface area contributed by atoms with Crippen LogP contribution in [0.3, 0.4) is 0 Å². The second-order valence-electron chi connectivity index (χ2n) is 14.5. The Morgan fingerprint density at radius 1 is 0.394 bits per heavy atom. The third kappa shape index (κ3) is 8.95. The van der Waals surface area contributed by atoms with Crippen LogP contribution in [0.15, 0.2) is 89.8 Å². The van der Waals surface area contributed by atoms with Gasteiger partial charge < -0.3 is 5.11 Å². The number of rotatable bonds is 8. The van der Waals surface area contributed by atoms with E-state index in [9.17, 15) is 66.8 Å². The Hall–Kier alpha value is -7.62. The average Bonchev–Trinajstić information content (AvgIpc) is 3.36. The van der Waals surface area contributed by atoms with Gasteiger partial charge in [0.1, 0.15) is 58.4 Å². The molecule has 0 aliphatic rings. The molecule has 3 nitrogen and oxygen atoms in total. The molecule has 0 aliphatic carbocycles. The predicted molar refractivity (Wildman–Crippen MR) is 213 cm³/mol. The van der Waals surface area contributed by atoms with E-state index in [2.05, 4.69) is 11.2 Å². The molecule has 7 aromatic carbocycles. The number of phenols is 1. The zero-order valence-corrected chi connectivity index (χ0v) is 34.9. The number of benzene rings is 7. The number of ketones is 1. The number of phenolic OH excluding ortho intramolecular Hbond substituents is 1. The summed E-state index contributed by atoms with van der Waals surface area (Å²) in [5.74, 6) is -68.9. The van der Waals surface area contributed by atoms with Crippen molar-refractivity contribution in [2.24, 2.45) is 0 Å². The van der Waals surface area contributed by atoms with E-state index in [0.717, 1.165) is 5.56 Å². The number of halogens is 20. The number of aromatic hydroxyl groups is 1. The molecule has 7 aromatic rings. The van der Waals surface area contributed by atoms with Crippen LogP contribution in [0.5, 0.6) is 5.75 Å². The first-order chi connectivity index (χ1) is 33.3. The predicted octanol–water partition coefficient (Wildman–Crippen LogP) is 9.99. The van der Waals surface area contributed by atoms with Crippen molar-refractivity contribution in [3.8, 4) is 16.9 Å². The Morgan fingerprint density at radius 2 is 0.662 bits per heavy atom. The summed E-state index contributed by atoms with van der Waals surface area (Å²) in [5.41, 5.74) is -13.2. The summed E-state index contributed by atoms with van der Waals surface area (Å²) in [6.07, 6.45) is -7.22. The molecule has 1 unspecified atom stereocenters. The molecule has 1 N–H and O–H groups in total. The maximum atomic E-state index is 15.4. The van der Waals surface area contributed by atoms with Gasteiger partial charge >= 0.3 is 0 Å². The lowest BCUT2D eigenvalue weighted by molar-refractivity contribution is 0.102. The zero-order chi connectivity index (χ0) is 52.8. The van der Waals surface area contributed by atoms with E-state index < -0.39 is 154 Å². The number of hydrogen-bond acceptors (Lipinski definition) is 3. The topological polar surface area (TPSA) is 54.4 Å². The van der Waals surface area contributed by atoms with Crippen LogP contribution in [0, 0.1) is 128 Å². The molecule has 1 atom stereocenters. The van der Waals surface area contributed by atoms with Crippen molar-refractivity contribution in [3.05, 3.63) is 212 Å². The van der Waals surface area contributed by atoms with Crippen LogP contribution in [0.4, 0.5) is 87.8 Å². The van der Waals surface area contributed by atoms with Gasteiger partial charge in [0.2, 0.25) is 15.7 Å². The fraction of sp³-hybridized carbons (Fsp3) is 0.0217. The molecule has 0 heterocycles. The van der Waals surface area contributed by atoms with E-state index in [-0.39, 0.29) is 17.3 Å². The highest BCUT2D eigenvalue weighted by molar-refractivity contribution is 8.07. The minimum absolute atomic E-state index is 0.0780. The smallest absolute Gasteiger partial charge is 0.213 e. The summed E-state index contributed by atoms with van der Waals surface area (Å²) in [7, 11) is -2.90. The minimum Gasteiger partial charge on any atom is -0.508 e. The van der Waals surface area contributed by atoms with Crippen molar-refractivity contribution in [1.29, 1.82) is 0 Å². The van der Waals surface area contributed by atoms with Crippen LogP contribution in [-0.2, 0) is 14.1 Å². The summed E-state index contributed by atoms with van der Waals surface area (Å²) in [6.45, 7) is 0. The lowest BCUT2D eigenvalue weighted by Crippen LogP contribution is -2.81. The zero-order valence-electron chi connectivity index (χ0n) is 34.1. The molecule has 0 radical (unpaired) electrons. The van der Waals surface area contributed by atoms with Crippen molar-refractivity contribution in [3.63, 3.8) is 0 Å². The Kier molecular flexibility index (Phi) is 14.9. The first-order valence-corrected chi connectivity index (χ1v) is 20.7. The highest BCUT2D eigenvalue weighted by Crippen LogP contribution is 2.31. The van der Waals surface area contributed by atoms with E-state index >= 15 is 35.1 Å². The van der Waals surface area contributed by atoms with Crippen LogP contribution in [0.1, 0.15) is 15.9 Å². The van der Waals surface area contributed by atoms with E-state index in [1.807, 2.05) is 36.4 Å². The van der Waals surface area contributed by atoms with Gasteiger partial charge in [-0.05, 0) is 54.5 Å². The minimum atomic E-state index is -7.22. The summed E-state index contributed by atoms with van der Waals surface area (Å²) in [6, 6.07) is 24.0. The van der Waals surface area contributed by atoms with E-state index in [1.165, 1.54) is 24.3 Å². The van der Waals surface area contributed by atoms with Crippen molar-refractivity contribution >= 4 is 43.7 Å². The van der Waals surface area contributed by atoms with Gasteiger partial charge in [0.05, 0.1) is 0 Å².